The van der Waals surface area contributed by atoms with Crippen molar-refractivity contribution in [1.29, 1.82) is 0 Å². The van der Waals surface area contributed by atoms with Crippen molar-refractivity contribution in [1.82, 2.24) is 20.8 Å². The minimum Gasteiger partial charge on any atom is -0.360 e. The zero-order valence-electron chi connectivity index (χ0n) is 13.1. The summed E-state index contributed by atoms with van der Waals surface area (Å²) >= 11 is 5.46. The van der Waals surface area contributed by atoms with Gasteiger partial charge in [0.1, 0.15) is 0 Å². The van der Waals surface area contributed by atoms with Gasteiger partial charge in [-0.25, -0.2) is 0 Å². The maximum Gasteiger partial charge on any atom is 0.166 e. The number of hydrogen-bond acceptors (Lipinski definition) is 2. The van der Waals surface area contributed by atoms with Gasteiger partial charge in [-0.1, -0.05) is 30.7 Å². The first-order valence-corrected chi connectivity index (χ1v) is 8.82. The number of aromatic amines is 1. The smallest absolute Gasteiger partial charge is 0.166 e. The molecule has 2 aliphatic carbocycles. The van der Waals surface area contributed by atoms with Crippen LogP contribution in [0.25, 0.3) is 11.3 Å². The minimum atomic E-state index is 0.594. The average molecular weight is 326 g/mol. The van der Waals surface area contributed by atoms with E-state index in [1.165, 1.54) is 31.2 Å². The Balaban J connectivity index is 1.28. The molecule has 2 fully saturated rings. The maximum atomic E-state index is 5.46. The zero-order valence-corrected chi connectivity index (χ0v) is 13.9. The van der Waals surface area contributed by atoms with Crippen LogP contribution in [0.3, 0.4) is 0 Å². The number of rotatable bonds is 4. The quantitative estimate of drug-likeness (QED) is 0.755. The summed E-state index contributed by atoms with van der Waals surface area (Å²) in [4.78, 5) is 0. The van der Waals surface area contributed by atoms with Gasteiger partial charge in [0.25, 0.3) is 0 Å². The number of thiocarbonyl (C=S) groups is 1. The molecule has 2 aliphatic rings. The van der Waals surface area contributed by atoms with Crippen LogP contribution in [0.5, 0.6) is 0 Å². The largest absolute Gasteiger partial charge is 0.360 e. The fraction of sp³-hybridized carbons (Fsp3) is 0.444. The lowest BCUT2D eigenvalue weighted by atomic mass is 9.96. The molecule has 1 aromatic carbocycles. The Kier molecular flexibility index (Phi) is 4.04. The van der Waals surface area contributed by atoms with Crippen LogP contribution in [0.4, 0.5) is 0 Å². The van der Waals surface area contributed by atoms with E-state index >= 15 is 0 Å². The molecule has 4 rings (SSSR count). The van der Waals surface area contributed by atoms with Gasteiger partial charge >= 0.3 is 0 Å². The highest BCUT2D eigenvalue weighted by Gasteiger charge is 2.39. The van der Waals surface area contributed by atoms with Crippen LogP contribution in [0.15, 0.2) is 36.5 Å². The Labute approximate surface area is 142 Å². The standard InChI is InChI=1S/C18H22N4S/c23-18(21-17-10-13-3-6-15(17)9-13)19-11-12-1-4-14(5-2-12)16-7-8-20-22-16/h1-2,4-5,7-8,13,15,17H,3,6,9-11H2,(H,20,22)(H2,19,21,23)/t13-,15-,17-/m0/s1. The first kappa shape index (κ1) is 14.7. The van der Waals surface area contributed by atoms with Crippen LogP contribution >= 0.6 is 12.2 Å². The molecule has 1 aromatic heterocycles. The predicted octanol–water partition coefficient (Wildman–Crippen LogP) is 3.23. The van der Waals surface area contributed by atoms with Crippen molar-refractivity contribution in [3.8, 4) is 11.3 Å². The summed E-state index contributed by atoms with van der Waals surface area (Å²) in [7, 11) is 0. The van der Waals surface area contributed by atoms with Gasteiger partial charge < -0.3 is 10.6 Å². The van der Waals surface area contributed by atoms with E-state index in [-0.39, 0.29) is 0 Å². The van der Waals surface area contributed by atoms with Crippen LogP contribution in [0.2, 0.25) is 0 Å². The first-order valence-electron chi connectivity index (χ1n) is 8.41. The summed E-state index contributed by atoms with van der Waals surface area (Å²) in [5, 5.41) is 14.6. The number of benzene rings is 1. The third-order valence-corrected chi connectivity index (χ3v) is 5.54. The molecule has 1 heterocycles. The third kappa shape index (κ3) is 3.24. The van der Waals surface area contributed by atoms with E-state index in [2.05, 4.69) is 45.1 Å². The van der Waals surface area contributed by atoms with Crippen LogP contribution in [0, 0.1) is 11.8 Å². The Bertz CT molecular complexity index is 665. The lowest BCUT2D eigenvalue weighted by Gasteiger charge is -2.24. The molecular formula is C18H22N4S. The molecule has 0 spiro atoms. The molecule has 0 saturated heterocycles. The molecule has 0 radical (unpaired) electrons. The zero-order chi connectivity index (χ0) is 15.6. The molecule has 2 bridgehead atoms. The molecular weight excluding hydrogens is 304 g/mol. The van der Waals surface area contributed by atoms with Crippen LogP contribution in [-0.4, -0.2) is 21.4 Å². The molecule has 0 aliphatic heterocycles. The molecule has 0 amide bonds. The number of hydrogen-bond donors (Lipinski definition) is 3. The molecule has 4 nitrogen and oxygen atoms in total. The van der Waals surface area contributed by atoms with Crippen molar-refractivity contribution >= 4 is 17.3 Å². The second-order valence-corrected chi connectivity index (χ2v) is 7.18. The number of H-pyrrole nitrogens is 1. The topological polar surface area (TPSA) is 52.7 Å². The van der Waals surface area contributed by atoms with Gasteiger partial charge in [-0.3, -0.25) is 5.10 Å². The summed E-state index contributed by atoms with van der Waals surface area (Å²) in [5.41, 5.74) is 3.41. The monoisotopic (exact) mass is 326 g/mol. The van der Waals surface area contributed by atoms with Gasteiger partial charge in [0.2, 0.25) is 0 Å². The average Bonchev–Trinajstić information content (AvgIpc) is 3.31. The number of fused-ring (bicyclic) bond motifs is 2. The first-order chi connectivity index (χ1) is 11.3. The third-order valence-electron chi connectivity index (χ3n) is 5.27. The maximum absolute atomic E-state index is 5.46. The van der Waals surface area contributed by atoms with E-state index in [0.717, 1.165) is 34.8 Å². The molecule has 3 N–H and O–H groups in total. The summed E-state index contributed by atoms with van der Waals surface area (Å²) in [6.45, 7) is 0.760. The number of aromatic nitrogens is 2. The normalized spacial score (nSPS) is 25.5. The van der Waals surface area contributed by atoms with E-state index in [0.29, 0.717) is 6.04 Å². The fourth-order valence-electron chi connectivity index (χ4n) is 4.04. The van der Waals surface area contributed by atoms with Crippen molar-refractivity contribution in [2.24, 2.45) is 11.8 Å². The molecule has 2 aromatic rings. The van der Waals surface area contributed by atoms with Crippen LogP contribution in [0.1, 0.15) is 31.2 Å². The van der Waals surface area contributed by atoms with Crippen LogP contribution < -0.4 is 10.6 Å². The molecule has 23 heavy (non-hydrogen) atoms. The van der Waals surface area contributed by atoms with Gasteiger partial charge in [0.15, 0.2) is 5.11 Å². The summed E-state index contributed by atoms with van der Waals surface area (Å²) in [5.74, 6) is 1.78. The Morgan fingerprint density at radius 2 is 2.04 bits per heavy atom. The second-order valence-electron chi connectivity index (χ2n) is 6.78. The van der Waals surface area contributed by atoms with Gasteiger partial charge in [0.05, 0.1) is 5.69 Å². The number of nitrogens with one attached hydrogen (secondary N) is 3. The predicted molar refractivity (Wildman–Crippen MR) is 95.8 cm³/mol. The van der Waals surface area contributed by atoms with E-state index in [1.807, 2.05) is 6.07 Å². The van der Waals surface area contributed by atoms with Crippen molar-refractivity contribution < 1.29 is 0 Å². The lowest BCUT2D eigenvalue weighted by Crippen LogP contribution is -2.43. The van der Waals surface area contributed by atoms with Gasteiger partial charge in [-0.2, -0.15) is 5.10 Å². The SMILES string of the molecule is S=C(NCc1ccc(-c2ccn[nH]2)cc1)N[C@H]1C[C@H]2CC[C@H]1C2. The lowest BCUT2D eigenvalue weighted by molar-refractivity contribution is 0.389. The molecule has 3 atom stereocenters. The highest BCUT2D eigenvalue weighted by Crippen LogP contribution is 2.44. The Hall–Kier alpha value is -1.88. The molecule has 2 saturated carbocycles. The molecule has 5 heteroatoms. The van der Waals surface area contributed by atoms with Gasteiger partial charge in [-0.15, -0.1) is 0 Å². The van der Waals surface area contributed by atoms with E-state index in [4.69, 9.17) is 12.2 Å². The van der Waals surface area contributed by atoms with E-state index in [9.17, 15) is 0 Å². The van der Waals surface area contributed by atoms with Gasteiger partial charge in [0, 0.05) is 18.8 Å². The summed E-state index contributed by atoms with van der Waals surface area (Å²) in [6.07, 6.45) is 7.26. The summed E-state index contributed by atoms with van der Waals surface area (Å²) < 4.78 is 0. The highest BCUT2D eigenvalue weighted by atomic mass is 32.1. The van der Waals surface area contributed by atoms with E-state index in [1.54, 1.807) is 6.20 Å². The number of nitrogens with zero attached hydrogens (tertiary/aromatic N) is 1. The van der Waals surface area contributed by atoms with Crippen molar-refractivity contribution in [3.63, 3.8) is 0 Å². The van der Waals surface area contributed by atoms with E-state index < -0.39 is 0 Å². The fourth-order valence-corrected chi connectivity index (χ4v) is 4.27. The Morgan fingerprint density at radius 1 is 1.17 bits per heavy atom. The summed E-state index contributed by atoms with van der Waals surface area (Å²) in [6, 6.07) is 11.0. The molecule has 0 unspecified atom stereocenters. The van der Waals surface area contributed by atoms with Crippen molar-refractivity contribution in [3.05, 3.63) is 42.1 Å². The Morgan fingerprint density at radius 3 is 2.70 bits per heavy atom. The highest BCUT2D eigenvalue weighted by molar-refractivity contribution is 7.80. The van der Waals surface area contributed by atoms with Crippen molar-refractivity contribution in [2.75, 3.05) is 0 Å². The van der Waals surface area contributed by atoms with Crippen molar-refractivity contribution in [2.45, 2.75) is 38.3 Å². The minimum absolute atomic E-state index is 0.594. The van der Waals surface area contributed by atoms with Gasteiger partial charge in [-0.05, 0) is 60.5 Å². The van der Waals surface area contributed by atoms with Crippen LogP contribution in [-0.2, 0) is 6.54 Å². The second kappa shape index (κ2) is 6.32. The molecule has 120 valence electrons.